The van der Waals surface area contributed by atoms with Crippen LogP contribution in [0.15, 0.2) is 16.9 Å². The van der Waals surface area contributed by atoms with E-state index >= 15 is 0 Å². The molecule has 1 fully saturated rings. The fourth-order valence-corrected chi connectivity index (χ4v) is 2.41. The molecule has 1 saturated heterocycles. The van der Waals surface area contributed by atoms with Crippen LogP contribution in [0.25, 0.3) is 0 Å². The van der Waals surface area contributed by atoms with Crippen LogP contribution in [0.2, 0.25) is 0 Å². The summed E-state index contributed by atoms with van der Waals surface area (Å²) in [5.41, 5.74) is 0. The fourth-order valence-electron chi connectivity index (χ4n) is 2.21. The van der Waals surface area contributed by atoms with Gasteiger partial charge in [-0.05, 0) is 35.7 Å². The van der Waals surface area contributed by atoms with Gasteiger partial charge in [-0.1, -0.05) is 0 Å². The third kappa shape index (κ3) is 2.57. The molecule has 1 aliphatic heterocycles. The molecule has 0 aromatic carbocycles. The summed E-state index contributed by atoms with van der Waals surface area (Å²) in [7, 11) is 0. The third-order valence-electron chi connectivity index (χ3n) is 3.17. The molecule has 1 aromatic rings. The van der Waals surface area contributed by atoms with Crippen molar-refractivity contribution in [2.45, 2.75) is 25.8 Å². The van der Waals surface area contributed by atoms with Crippen molar-refractivity contribution in [3.8, 4) is 0 Å². The van der Waals surface area contributed by atoms with E-state index in [1.54, 1.807) is 12.4 Å². The van der Waals surface area contributed by atoms with Crippen molar-refractivity contribution in [3.05, 3.63) is 16.9 Å². The lowest BCUT2D eigenvalue weighted by atomic mass is 9.90. The molecular weight excluding hydrogens is 286 g/mol. The smallest absolute Gasteiger partial charge is 0.308 e. The second-order valence-corrected chi connectivity index (χ2v) is 5.14. The molecule has 0 aliphatic carbocycles. The van der Waals surface area contributed by atoms with Gasteiger partial charge in [-0.15, -0.1) is 0 Å². The molecule has 92 valence electrons. The molecule has 2 heterocycles. The zero-order chi connectivity index (χ0) is 12.4. The maximum Gasteiger partial charge on any atom is 0.308 e. The number of carbonyl (C=O) groups is 1. The Bertz CT molecular complexity index is 410. The molecule has 2 rings (SSSR count). The Balaban J connectivity index is 2.20. The summed E-state index contributed by atoms with van der Waals surface area (Å²) >= 11 is 3.28. The van der Waals surface area contributed by atoms with E-state index in [-0.39, 0.29) is 12.0 Å². The van der Waals surface area contributed by atoms with Crippen molar-refractivity contribution in [2.24, 2.45) is 5.92 Å². The van der Waals surface area contributed by atoms with Crippen molar-refractivity contribution < 1.29 is 9.90 Å². The van der Waals surface area contributed by atoms with Crippen LogP contribution in [-0.4, -0.2) is 33.6 Å². The first kappa shape index (κ1) is 12.3. The Labute approximate surface area is 108 Å². The zero-order valence-electron chi connectivity index (χ0n) is 9.51. The first-order chi connectivity index (χ1) is 8.09. The second kappa shape index (κ2) is 5.00. The van der Waals surface area contributed by atoms with Crippen LogP contribution in [0.1, 0.15) is 19.8 Å². The summed E-state index contributed by atoms with van der Waals surface area (Å²) in [4.78, 5) is 21.5. The largest absolute Gasteiger partial charge is 0.481 e. The Morgan fingerprint density at radius 3 is 2.76 bits per heavy atom. The number of nitrogens with zero attached hydrogens (tertiary/aromatic N) is 3. The SMILES string of the molecule is CC1C(C(=O)O)CCCN1c1ncc(Br)cn1. The molecule has 0 bridgehead atoms. The number of rotatable bonds is 2. The fraction of sp³-hybridized carbons (Fsp3) is 0.545. The van der Waals surface area contributed by atoms with Crippen LogP contribution >= 0.6 is 15.9 Å². The van der Waals surface area contributed by atoms with E-state index in [0.29, 0.717) is 5.95 Å². The lowest BCUT2D eigenvalue weighted by Gasteiger charge is -2.37. The molecule has 1 aliphatic rings. The van der Waals surface area contributed by atoms with Crippen LogP contribution in [0, 0.1) is 5.92 Å². The van der Waals surface area contributed by atoms with E-state index in [4.69, 9.17) is 5.11 Å². The number of hydrogen-bond donors (Lipinski definition) is 1. The van der Waals surface area contributed by atoms with Gasteiger partial charge in [-0.2, -0.15) is 0 Å². The zero-order valence-corrected chi connectivity index (χ0v) is 11.1. The number of carboxylic acids is 1. The summed E-state index contributed by atoms with van der Waals surface area (Å²) < 4.78 is 0.820. The number of halogens is 1. The molecule has 17 heavy (non-hydrogen) atoms. The minimum absolute atomic E-state index is 0.0672. The molecule has 0 amide bonds. The lowest BCUT2D eigenvalue weighted by Crippen LogP contribution is -2.47. The van der Waals surface area contributed by atoms with Crippen LogP contribution in [0.3, 0.4) is 0 Å². The van der Waals surface area contributed by atoms with Gasteiger partial charge in [0.15, 0.2) is 0 Å². The number of carboxylic acid groups (broad SMARTS) is 1. The molecular formula is C11H14BrN3O2. The van der Waals surface area contributed by atoms with Crippen molar-refractivity contribution in [1.29, 1.82) is 0 Å². The van der Waals surface area contributed by atoms with E-state index < -0.39 is 5.97 Å². The van der Waals surface area contributed by atoms with Crippen LogP contribution in [-0.2, 0) is 4.79 Å². The molecule has 2 atom stereocenters. The number of anilines is 1. The average Bonchev–Trinajstić information content (AvgIpc) is 2.30. The van der Waals surface area contributed by atoms with E-state index in [2.05, 4.69) is 25.9 Å². The lowest BCUT2D eigenvalue weighted by molar-refractivity contribution is -0.143. The maximum atomic E-state index is 11.1. The van der Waals surface area contributed by atoms with E-state index in [9.17, 15) is 4.79 Å². The van der Waals surface area contributed by atoms with Crippen molar-refractivity contribution >= 4 is 27.8 Å². The molecule has 2 unspecified atom stereocenters. The highest BCUT2D eigenvalue weighted by atomic mass is 79.9. The van der Waals surface area contributed by atoms with Gasteiger partial charge in [-0.25, -0.2) is 9.97 Å². The first-order valence-corrected chi connectivity index (χ1v) is 6.36. The summed E-state index contributed by atoms with van der Waals surface area (Å²) in [6.45, 7) is 2.73. The van der Waals surface area contributed by atoms with Gasteiger partial charge in [0, 0.05) is 25.0 Å². The Morgan fingerprint density at radius 1 is 1.53 bits per heavy atom. The van der Waals surface area contributed by atoms with Crippen LogP contribution in [0.4, 0.5) is 5.95 Å². The number of piperidine rings is 1. The Morgan fingerprint density at radius 2 is 2.18 bits per heavy atom. The summed E-state index contributed by atoms with van der Waals surface area (Å²) in [5, 5.41) is 9.14. The topological polar surface area (TPSA) is 66.3 Å². The highest BCUT2D eigenvalue weighted by molar-refractivity contribution is 9.10. The molecule has 6 heteroatoms. The summed E-state index contributed by atoms with van der Waals surface area (Å²) in [6, 6.07) is -0.0672. The van der Waals surface area contributed by atoms with E-state index in [0.717, 1.165) is 23.9 Å². The monoisotopic (exact) mass is 299 g/mol. The molecule has 5 nitrogen and oxygen atoms in total. The minimum Gasteiger partial charge on any atom is -0.481 e. The highest BCUT2D eigenvalue weighted by Gasteiger charge is 2.33. The Hall–Kier alpha value is -1.17. The number of aromatic nitrogens is 2. The van der Waals surface area contributed by atoms with Crippen molar-refractivity contribution in [2.75, 3.05) is 11.4 Å². The first-order valence-electron chi connectivity index (χ1n) is 5.56. The summed E-state index contributed by atoms with van der Waals surface area (Å²) in [6.07, 6.45) is 4.95. The van der Waals surface area contributed by atoms with Crippen LogP contribution in [0.5, 0.6) is 0 Å². The van der Waals surface area contributed by atoms with Gasteiger partial charge >= 0.3 is 5.97 Å². The normalized spacial score (nSPS) is 24.7. The third-order valence-corrected chi connectivity index (χ3v) is 3.58. The van der Waals surface area contributed by atoms with Crippen molar-refractivity contribution in [3.63, 3.8) is 0 Å². The van der Waals surface area contributed by atoms with Gasteiger partial charge in [0.25, 0.3) is 0 Å². The van der Waals surface area contributed by atoms with Crippen molar-refractivity contribution in [1.82, 2.24) is 9.97 Å². The quantitative estimate of drug-likeness (QED) is 0.904. The van der Waals surface area contributed by atoms with Gasteiger partial charge < -0.3 is 10.0 Å². The number of hydrogen-bond acceptors (Lipinski definition) is 4. The standard InChI is InChI=1S/C11H14BrN3O2/c1-7-9(10(16)17)3-2-4-15(7)11-13-5-8(12)6-14-11/h5-7,9H,2-4H2,1H3,(H,16,17). The van der Waals surface area contributed by atoms with Gasteiger partial charge in [0.1, 0.15) is 0 Å². The average molecular weight is 300 g/mol. The minimum atomic E-state index is -0.737. The predicted octanol–water partition coefficient (Wildman–Crippen LogP) is 1.93. The molecule has 1 N–H and O–H groups in total. The molecule has 1 aromatic heterocycles. The molecule has 0 spiro atoms. The Kier molecular flexibility index (Phi) is 3.61. The van der Waals surface area contributed by atoms with Crippen LogP contribution < -0.4 is 4.90 Å². The van der Waals surface area contributed by atoms with E-state index in [1.165, 1.54) is 0 Å². The molecule has 0 radical (unpaired) electrons. The van der Waals surface area contributed by atoms with Gasteiger partial charge in [-0.3, -0.25) is 4.79 Å². The van der Waals surface area contributed by atoms with Gasteiger partial charge in [0.05, 0.1) is 10.4 Å². The molecule has 0 saturated carbocycles. The second-order valence-electron chi connectivity index (χ2n) is 4.22. The number of aliphatic carboxylic acids is 1. The van der Waals surface area contributed by atoms with Gasteiger partial charge in [0.2, 0.25) is 5.95 Å². The maximum absolute atomic E-state index is 11.1. The van der Waals surface area contributed by atoms with E-state index in [1.807, 2.05) is 11.8 Å². The predicted molar refractivity (Wildman–Crippen MR) is 66.9 cm³/mol. The highest BCUT2D eigenvalue weighted by Crippen LogP contribution is 2.26. The summed E-state index contributed by atoms with van der Waals surface area (Å²) in [5.74, 6) is -0.470.